The zero-order valence-electron chi connectivity index (χ0n) is 16.6. The van der Waals surface area contributed by atoms with Crippen molar-refractivity contribution in [2.24, 2.45) is 4.99 Å². The summed E-state index contributed by atoms with van der Waals surface area (Å²) in [6.45, 7) is 2.16. The third-order valence-electron chi connectivity index (χ3n) is 4.56. The highest BCUT2D eigenvalue weighted by molar-refractivity contribution is 14.0. The molecule has 1 aliphatic heterocycles. The molecule has 0 aromatic heterocycles. The van der Waals surface area contributed by atoms with Crippen molar-refractivity contribution >= 4 is 53.1 Å². The van der Waals surface area contributed by atoms with Gasteiger partial charge >= 0.3 is 0 Å². The van der Waals surface area contributed by atoms with Gasteiger partial charge in [-0.1, -0.05) is 35.9 Å². The molecule has 6 nitrogen and oxygen atoms in total. The maximum atomic E-state index is 12.2. The molecule has 0 radical (unpaired) electrons. The zero-order chi connectivity index (χ0) is 19.9. The van der Waals surface area contributed by atoms with E-state index in [-0.39, 0.29) is 36.5 Å². The molecular formula is C21H26ClIN4O2. The summed E-state index contributed by atoms with van der Waals surface area (Å²) in [6.07, 6.45) is 0.799. The van der Waals surface area contributed by atoms with E-state index in [4.69, 9.17) is 16.3 Å². The van der Waals surface area contributed by atoms with Crippen molar-refractivity contribution < 1.29 is 9.53 Å². The maximum absolute atomic E-state index is 12.2. The van der Waals surface area contributed by atoms with Crippen molar-refractivity contribution in [1.29, 1.82) is 0 Å². The fraction of sp³-hybridized carbons (Fsp3) is 0.333. The van der Waals surface area contributed by atoms with Gasteiger partial charge in [-0.3, -0.25) is 9.79 Å². The van der Waals surface area contributed by atoms with Crippen LogP contribution in [-0.2, 0) is 11.3 Å². The average Bonchev–Trinajstić information content (AvgIpc) is 2.71. The second-order valence-electron chi connectivity index (χ2n) is 6.61. The van der Waals surface area contributed by atoms with Crippen LogP contribution < -0.4 is 15.0 Å². The standard InChI is InChI=1S/C21H25ClN4O2.HI/c1-23-21(25(2)14-16-8-10-17(22)11-9-16)24-12-5-13-26-18-6-3-4-7-19(18)28-15-20(26)27;/h3-4,6-11H,5,12-15H2,1-2H3,(H,23,24);1H. The molecule has 2 aromatic carbocycles. The Bertz CT molecular complexity index is 845. The number of carbonyl (C=O) groups is 1. The maximum Gasteiger partial charge on any atom is 0.265 e. The molecular weight excluding hydrogens is 503 g/mol. The summed E-state index contributed by atoms with van der Waals surface area (Å²) in [6, 6.07) is 15.4. The lowest BCUT2D eigenvalue weighted by Gasteiger charge is -2.29. The number of guanidine groups is 1. The predicted octanol–water partition coefficient (Wildman–Crippen LogP) is 3.78. The number of para-hydroxylation sites is 2. The van der Waals surface area contributed by atoms with Crippen molar-refractivity contribution in [2.45, 2.75) is 13.0 Å². The predicted molar refractivity (Wildman–Crippen MR) is 129 cm³/mol. The van der Waals surface area contributed by atoms with E-state index in [1.54, 1.807) is 11.9 Å². The van der Waals surface area contributed by atoms with Crippen molar-refractivity contribution in [3.63, 3.8) is 0 Å². The SMILES string of the molecule is CN=C(NCCCN1C(=O)COc2ccccc21)N(C)Cc1ccc(Cl)cc1.I. The van der Waals surface area contributed by atoms with Gasteiger partial charge in [0.1, 0.15) is 5.75 Å². The highest BCUT2D eigenvalue weighted by Crippen LogP contribution is 2.31. The number of hydrogen-bond donors (Lipinski definition) is 1. The van der Waals surface area contributed by atoms with Gasteiger partial charge in [-0.05, 0) is 36.2 Å². The van der Waals surface area contributed by atoms with Crippen LogP contribution in [0.4, 0.5) is 5.69 Å². The van der Waals surface area contributed by atoms with E-state index in [0.29, 0.717) is 13.1 Å². The van der Waals surface area contributed by atoms with Gasteiger partial charge in [0, 0.05) is 38.8 Å². The van der Waals surface area contributed by atoms with Crippen LogP contribution in [0.25, 0.3) is 0 Å². The number of nitrogens with zero attached hydrogens (tertiary/aromatic N) is 3. The van der Waals surface area contributed by atoms with Crippen LogP contribution in [0.1, 0.15) is 12.0 Å². The summed E-state index contributed by atoms with van der Waals surface area (Å²) in [4.78, 5) is 20.4. The number of amides is 1. The second-order valence-corrected chi connectivity index (χ2v) is 7.05. The quantitative estimate of drug-likeness (QED) is 0.268. The molecule has 0 bridgehead atoms. The van der Waals surface area contributed by atoms with E-state index in [0.717, 1.165) is 40.9 Å². The first kappa shape index (κ1) is 23.3. The molecule has 0 saturated carbocycles. The number of halogens is 2. The largest absolute Gasteiger partial charge is 0.482 e. The summed E-state index contributed by atoms with van der Waals surface area (Å²) in [5, 5.41) is 4.09. The molecule has 0 fully saturated rings. The molecule has 1 N–H and O–H groups in total. The van der Waals surface area contributed by atoms with Crippen molar-refractivity contribution in [2.75, 3.05) is 38.7 Å². The Kier molecular flexibility index (Phi) is 9.03. The number of rotatable bonds is 6. The van der Waals surface area contributed by atoms with Crippen molar-refractivity contribution in [3.8, 4) is 5.75 Å². The minimum Gasteiger partial charge on any atom is -0.482 e. The Morgan fingerprint density at radius 2 is 1.97 bits per heavy atom. The van der Waals surface area contributed by atoms with Gasteiger partial charge in [-0.25, -0.2) is 0 Å². The lowest BCUT2D eigenvalue weighted by molar-refractivity contribution is -0.121. The molecule has 1 aliphatic rings. The molecule has 0 unspecified atom stereocenters. The average molecular weight is 529 g/mol. The van der Waals surface area contributed by atoms with Gasteiger partial charge in [0.2, 0.25) is 0 Å². The molecule has 156 valence electrons. The van der Waals surface area contributed by atoms with E-state index in [1.165, 1.54) is 0 Å². The highest BCUT2D eigenvalue weighted by Gasteiger charge is 2.24. The monoisotopic (exact) mass is 528 g/mol. The molecule has 0 aliphatic carbocycles. The third kappa shape index (κ3) is 6.24. The summed E-state index contributed by atoms with van der Waals surface area (Å²) in [5.41, 5.74) is 1.99. The summed E-state index contributed by atoms with van der Waals surface area (Å²) in [5.74, 6) is 1.56. The minimum atomic E-state index is -0.0112. The Morgan fingerprint density at radius 1 is 1.24 bits per heavy atom. The third-order valence-corrected chi connectivity index (χ3v) is 4.81. The summed E-state index contributed by atoms with van der Waals surface area (Å²) < 4.78 is 5.48. The second kappa shape index (κ2) is 11.3. The first-order valence-corrected chi connectivity index (χ1v) is 9.64. The number of nitrogens with one attached hydrogen (secondary N) is 1. The molecule has 0 saturated heterocycles. The Balaban J connectivity index is 0.00000300. The molecule has 8 heteroatoms. The van der Waals surface area contributed by atoms with Gasteiger partial charge in [-0.15, -0.1) is 24.0 Å². The Morgan fingerprint density at radius 3 is 2.69 bits per heavy atom. The lowest BCUT2D eigenvalue weighted by atomic mass is 10.2. The number of benzene rings is 2. The van der Waals surface area contributed by atoms with Gasteiger partial charge in [0.15, 0.2) is 12.6 Å². The van der Waals surface area contributed by atoms with Crippen molar-refractivity contribution in [3.05, 3.63) is 59.1 Å². The van der Waals surface area contributed by atoms with Crippen LogP contribution in [0.5, 0.6) is 5.75 Å². The van der Waals surface area contributed by atoms with E-state index in [1.807, 2.05) is 55.6 Å². The summed E-state index contributed by atoms with van der Waals surface area (Å²) in [7, 11) is 3.76. The number of anilines is 1. The van der Waals surface area contributed by atoms with Crippen molar-refractivity contribution in [1.82, 2.24) is 10.2 Å². The topological polar surface area (TPSA) is 57.2 Å². The number of carbonyl (C=O) groups excluding carboxylic acids is 1. The highest BCUT2D eigenvalue weighted by atomic mass is 127. The van der Waals surface area contributed by atoms with Gasteiger partial charge < -0.3 is 19.9 Å². The van der Waals surface area contributed by atoms with Gasteiger partial charge in [0.05, 0.1) is 5.69 Å². The van der Waals surface area contributed by atoms with Gasteiger partial charge in [-0.2, -0.15) is 0 Å². The number of fused-ring (bicyclic) bond motifs is 1. The number of aliphatic imine (C=N–C) groups is 1. The Hall–Kier alpha value is -2.00. The van der Waals surface area contributed by atoms with Crippen LogP contribution >= 0.6 is 35.6 Å². The molecule has 29 heavy (non-hydrogen) atoms. The number of hydrogen-bond acceptors (Lipinski definition) is 3. The zero-order valence-corrected chi connectivity index (χ0v) is 19.7. The van der Waals surface area contributed by atoms with Crippen LogP contribution in [0.3, 0.4) is 0 Å². The van der Waals surface area contributed by atoms with Crippen LogP contribution in [0, 0.1) is 0 Å². The summed E-state index contributed by atoms with van der Waals surface area (Å²) >= 11 is 5.94. The first-order valence-electron chi connectivity index (χ1n) is 9.27. The fourth-order valence-corrected chi connectivity index (χ4v) is 3.29. The molecule has 2 aromatic rings. The molecule has 0 atom stereocenters. The van der Waals surface area contributed by atoms with E-state index >= 15 is 0 Å². The van der Waals surface area contributed by atoms with Crippen LogP contribution in [0.2, 0.25) is 5.02 Å². The van der Waals surface area contributed by atoms with Gasteiger partial charge in [0.25, 0.3) is 5.91 Å². The first-order chi connectivity index (χ1) is 13.6. The normalized spacial score (nSPS) is 13.3. The molecule has 1 amide bonds. The van der Waals surface area contributed by atoms with E-state index in [9.17, 15) is 4.79 Å². The van der Waals surface area contributed by atoms with E-state index < -0.39 is 0 Å². The molecule has 0 spiro atoms. The molecule has 1 heterocycles. The van der Waals surface area contributed by atoms with E-state index in [2.05, 4.69) is 15.2 Å². The van der Waals surface area contributed by atoms with Crippen LogP contribution in [-0.4, -0.2) is 50.6 Å². The fourth-order valence-electron chi connectivity index (χ4n) is 3.16. The number of ether oxygens (including phenoxy) is 1. The van der Waals surface area contributed by atoms with Crippen LogP contribution in [0.15, 0.2) is 53.5 Å². The smallest absolute Gasteiger partial charge is 0.265 e. The molecule has 3 rings (SSSR count). The Labute approximate surface area is 193 Å². The minimum absolute atomic E-state index is 0. The lowest BCUT2D eigenvalue weighted by Crippen LogP contribution is -2.42.